The van der Waals surface area contributed by atoms with Gasteiger partial charge in [0.25, 0.3) is 0 Å². The van der Waals surface area contributed by atoms with Crippen molar-refractivity contribution in [3.63, 3.8) is 0 Å². The third-order valence-corrected chi connectivity index (χ3v) is 12.0. The summed E-state index contributed by atoms with van der Waals surface area (Å²) in [7, 11) is -0.657. The number of H-pyrrole nitrogens is 1. The van der Waals surface area contributed by atoms with Gasteiger partial charge in [0.1, 0.15) is 18.1 Å². The van der Waals surface area contributed by atoms with Crippen molar-refractivity contribution in [2.24, 2.45) is 5.92 Å². The lowest BCUT2D eigenvalue weighted by molar-refractivity contribution is -0.00746. The van der Waals surface area contributed by atoms with Crippen LogP contribution in [0.1, 0.15) is 72.9 Å². The van der Waals surface area contributed by atoms with E-state index in [9.17, 15) is 8.42 Å². The van der Waals surface area contributed by atoms with Crippen LogP contribution in [-0.4, -0.2) is 88.3 Å². The highest BCUT2D eigenvalue weighted by Crippen LogP contribution is 2.42. The van der Waals surface area contributed by atoms with Crippen LogP contribution in [0.3, 0.4) is 0 Å². The Labute approximate surface area is 301 Å². The lowest BCUT2D eigenvalue weighted by Crippen LogP contribution is -2.48. The van der Waals surface area contributed by atoms with Crippen LogP contribution >= 0.6 is 0 Å². The van der Waals surface area contributed by atoms with Crippen LogP contribution in [0, 0.1) is 12.8 Å². The van der Waals surface area contributed by atoms with Crippen LogP contribution in [0.4, 0.5) is 5.69 Å². The first-order valence-electron chi connectivity index (χ1n) is 17.8. The van der Waals surface area contributed by atoms with Gasteiger partial charge in [0, 0.05) is 44.7 Å². The van der Waals surface area contributed by atoms with Crippen LogP contribution in [0.25, 0.3) is 0 Å². The summed E-state index contributed by atoms with van der Waals surface area (Å²) in [6.07, 6.45) is 1.91. The number of tetrazole rings is 1. The molecule has 6 rings (SSSR count). The number of aromatic amines is 1. The van der Waals surface area contributed by atoms with Crippen molar-refractivity contribution in [3.05, 3.63) is 89.2 Å². The summed E-state index contributed by atoms with van der Waals surface area (Å²) in [5.41, 5.74) is 2.19. The average Bonchev–Trinajstić information content (AvgIpc) is 3.68. The van der Waals surface area contributed by atoms with Gasteiger partial charge < -0.3 is 29.2 Å². The molecule has 3 heterocycles. The molecular weight excluding hydrogens is 669 g/mol. The number of aryl methyl sites for hydroxylation is 1. The summed E-state index contributed by atoms with van der Waals surface area (Å²) in [5, 5.41) is 18.6. The Bertz CT molecular complexity index is 1800. The van der Waals surface area contributed by atoms with E-state index >= 15 is 0 Å². The summed E-state index contributed by atoms with van der Waals surface area (Å²) >= 11 is 0. The van der Waals surface area contributed by atoms with Crippen molar-refractivity contribution >= 4 is 15.5 Å². The second-order valence-electron chi connectivity index (χ2n) is 13.9. The Morgan fingerprint density at radius 1 is 1.04 bits per heavy atom. The second kappa shape index (κ2) is 16.5. The van der Waals surface area contributed by atoms with Gasteiger partial charge >= 0.3 is 0 Å². The molecule has 274 valence electrons. The van der Waals surface area contributed by atoms with Crippen LogP contribution in [0.15, 0.2) is 71.6 Å². The van der Waals surface area contributed by atoms with Gasteiger partial charge in [-0.3, -0.25) is 0 Å². The fourth-order valence-corrected chi connectivity index (χ4v) is 8.79. The lowest BCUT2D eigenvalue weighted by Gasteiger charge is -2.40. The van der Waals surface area contributed by atoms with Crippen molar-refractivity contribution in [2.75, 3.05) is 52.0 Å². The molecular formula is C38H50N6O6S. The van der Waals surface area contributed by atoms with E-state index in [1.54, 1.807) is 26.4 Å². The Hall–Kier alpha value is -4.04. The fourth-order valence-electron chi connectivity index (χ4n) is 7.23. The third-order valence-electron chi connectivity index (χ3n) is 10.1. The minimum atomic E-state index is -4.00. The van der Waals surface area contributed by atoms with Crippen molar-refractivity contribution in [3.8, 4) is 11.5 Å². The smallest absolute Gasteiger partial charge is 0.209 e. The molecule has 13 heteroatoms. The van der Waals surface area contributed by atoms with Gasteiger partial charge in [-0.2, -0.15) is 0 Å². The number of sulfone groups is 1. The fraction of sp³-hybridized carbons (Fsp3) is 0.500. The number of nitrogens with zero attached hydrogens (tertiary/aromatic N) is 4. The molecule has 0 spiro atoms. The normalized spacial score (nSPS) is 20.4. The highest BCUT2D eigenvalue weighted by molar-refractivity contribution is 7.91. The molecule has 3 aromatic carbocycles. The Morgan fingerprint density at radius 3 is 2.51 bits per heavy atom. The summed E-state index contributed by atoms with van der Waals surface area (Å²) in [6.45, 7) is 9.40. The molecule has 1 saturated heterocycles. The zero-order valence-corrected chi connectivity index (χ0v) is 30.9. The largest absolute Gasteiger partial charge is 0.497 e. The van der Waals surface area contributed by atoms with E-state index in [-0.39, 0.29) is 22.8 Å². The first-order valence-corrected chi connectivity index (χ1v) is 19.3. The van der Waals surface area contributed by atoms with E-state index in [1.165, 1.54) is 0 Å². The number of aromatic nitrogens is 4. The topological polar surface area (TPSA) is 141 Å². The summed E-state index contributed by atoms with van der Waals surface area (Å²) in [6, 6.07) is 20.7. The number of hydrogen-bond acceptors (Lipinski definition) is 11. The van der Waals surface area contributed by atoms with Gasteiger partial charge in [0.05, 0.1) is 30.3 Å². The highest BCUT2D eigenvalue weighted by atomic mass is 32.2. The SMILES string of the molecule is COCCCN1CCOc2ccc(C(O[C@H]3CN[C@@H](CC(c4nnn[nH]4)C(C)C)C[C@@H]3c3ccc(OC)cc3)S(=O)(=O)c3ccc(C)cc3)cc21. The predicted molar refractivity (Wildman–Crippen MR) is 195 cm³/mol. The molecule has 0 saturated carbocycles. The molecule has 4 aromatic rings. The predicted octanol–water partition coefficient (Wildman–Crippen LogP) is 5.59. The minimum absolute atomic E-state index is 0.106. The number of piperidine rings is 1. The van der Waals surface area contributed by atoms with E-state index in [2.05, 4.69) is 56.8 Å². The molecule has 0 bridgehead atoms. The standard InChI is InChI=1S/C38H50N6O6S/c1-25(2)32(37-40-42-43-41-37)22-29-23-33(27-9-12-30(48-5)13-10-27)36(24-39-29)50-38(51(45,46)31-14-7-26(3)8-15-31)28-11-16-35-34(21-28)44(18-20-49-35)17-6-19-47-4/h7-16,21,25,29,32-33,36,38-39H,6,17-20,22-24H2,1-5H3,(H,40,41,42,43)/t29-,32?,33+,36-,38?/m0/s1. The monoisotopic (exact) mass is 718 g/mol. The third kappa shape index (κ3) is 8.54. The zero-order chi connectivity index (χ0) is 36.0. The highest BCUT2D eigenvalue weighted by Gasteiger charge is 2.40. The van der Waals surface area contributed by atoms with Gasteiger partial charge in [-0.25, -0.2) is 13.5 Å². The van der Waals surface area contributed by atoms with E-state index in [1.807, 2.05) is 49.4 Å². The first kappa shape index (κ1) is 36.7. The summed E-state index contributed by atoms with van der Waals surface area (Å²) in [5.74, 6) is 2.57. The Morgan fingerprint density at radius 2 is 1.82 bits per heavy atom. The van der Waals surface area contributed by atoms with Gasteiger partial charge in [-0.1, -0.05) is 49.7 Å². The van der Waals surface area contributed by atoms with Gasteiger partial charge in [0.15, 0.2) is 11.3 Å². The number of methoxy groups -OCH3 is 2. The molecule has 2 aliphatic heterocycles. The van der Waals surface area contributed by atoms with Gasteiger partial charge in [-0.05, 0) is 90.1 Å². The lowest BCUT2D eigenvalue weighted by atomic mass is 9.79. The van der Waals surface area contributed by atoms with E-state index in [4.69, 9.17) is 18.9 Å². The number of rotatable bonds is 15. The molecule has 0 aliphatic carbocycles. The summed E-state index contributed by atoms with van der Waals surface area (Å²) < 4.78 is 53.1. The number of fused-ring (bicyclic) bond motifs is 1. The Kier molecular flexibility index (Phi) is 11.9. The summed E-state index contributed by atoms with van der Waals surface area (Å²) in [4.78, 5) is 2.45. The number of ether oxygens (including phenoxy) is 4. The van der Waals surface area contributed by atoms with Crippen molar-refractivity contribution in [2.45, 2.75) is 74.3 Å². The van der Waals surface area contributed by atoms with Crippen molar-refractivity contribution < 1.29 is 27.4 Å². The molecule has 0 radical (unpaired) electrons. The number of anilines is 1. The van der Waals surface area contributed by atoms with E-state index in [0.29, 0.717) is 37.8 Å². The molecule has 2 N–H and O–H groups in total. The van der Waals surface area contributed by atoms with E-state index < -0.39 is 21.4 Å². The zero-order valence-electron chi connectivity index (χ0n) is 30.1. The molecule has 2 aliphatic rings. The van der Waals surface area contributed by atoms with Crippen LogP contribution in [-0.2, 0) is 19.3 Å². The maximum absolute atomic E-state index is 14.7. The van der Waals surface area contributed by atoms with Gasteiger partial charge in [0.2, 0.25) is 9.84 Å². The maximum atomic E-state index is 14.7. The van der Waals surface area contributed by atoms with E-state index in [0.717, 1.165) is 59.9 Å². The van der Waals surface area contributed by atoms with Crippen LogP contribution < -0.4 is 19.7 Å². The molecule has 51 heavy (non-hydrogen) atoms. The first-order chi connectivity index (χ1) is 24.7. The molecule has 1 aromatic heterocycles. The maximum Gasteiger partial charge on any atom is 0.209 e. The van der Waals surface area contributed by atoms with Crippen molar-refractivity contribution in [1.29, 1.82) is 0 Å². The van der Waals surface area contributed by atoms with Crippen molar-refractivity contribution in [1.82, 2.24) is 25.9 Å². The molecule has 1 fully saturated rings. The van der Waals surface area contributed by atoms with Gasteiger partial charge in [-0.15, -0.1) is 5.10 Å². The Balaban J connectivity index is 1.36. The molecule has 5 atom stereocenters. The number of benzene rings is 3. The van der Waals surface area contributed by atoms with Crippen LogP contribution in [0.5, 0.6) is 11.5 Å². The van der Waals surface area contributed by atoms with Crippen LogP contribution in [0.2, 0.25) is 0 Å². The minimum Gasteiger partial charge on any atom is -0.497 e. The quantitative estimate of drug-likeness (QED) is 0.149. The molecule has 2 unspecified atom stereocenters. The average molecular weight is 719 g/mol. The number of nitrogens with one attached hydrogen (secondary N) is 2. The molecule has 12 nitrogen and oxygen atoms in total. The second-order valence-corrected chi connectivity index (χ2v) is 15.9. The number of hydrogen-bond donors (Lipinski definition) is 2. The molecule has 0 amide bonds.